The maximum atomic E-state index is 14.8. The number of hydrogen-bond acceptors (Lipinski definition) is 2. The third kappa shape index (κ3) is 4.22. The van der Waals surface area contributed by atoms with Gasteiger partial charge < -0.3 is 10.2 Å². The highest BCUT2D eigenvalue weighted by Crippen LogP contribution is 2.52. The number of halogens is 3. The molecule has 3 aromatic carbocycles. The average Bonchev–Trinajstić information content (AvgIpc) is 3.07. The van der Waals surface area contributed by atoms with Gasteiger partial charge in [-0.05, 0) is 84.8 Å². The van der Waals surface area contributed by atoms with E-state index in [2.05, 4.69) is 50.4 Å². The molecular weight excluding hydrogens is 478 g/mol. The first-order chi connectivity index (χ1) is 17.1. The molecule has 3 aromatic rings. The normalized spacial score (nSPS) is 18.9. The van der Waals surface area contributed by atoms with Gasteiger partial charge in [0.2, 0.25) is 0 Å². The highest BCUT2D eigenvalue weighted by atomic mass is 35.5. The Bertz CT molecular complexity index is 1270. The smallest absolute Gasteiger partial charge is 0.264 e. The minimum absolute atomic E-state index is 0.0273. The number of amides is 1. The van der Waals surface area contributed by atoms with Gasteiger partial charge in [0.25, 0.3) is 5.91 Å². The van der Waals surface area contributed by atoms with Crippen molar-refractivity contribution in [3.63, 3.8) is 0 Å². The van der Waals surface area contributed by atoms with Gasteiger partial charge in [0.15, 0.2) is 0 Å². The molecule has 3 nitrogen and oxygen atoms in total. The van der Waals surface area contributed by atoms with Gasteiger partial charge >= 0.3 is 0 Å². The first-order valence-electron chi connectivity index (χ1n) is 12.5. The van der Waals surface area contributed by atoms with Crippen LogP contribution in [0.5, 0.6) is 0 Å². The predicted molar refractivity (Wildman–Crippen MR) is 141 cm³/mol. The molecule has 1 saturated heterocycles. The molecule has 188 valence electrons. The summed E-state index contributed by atoms with van der Waals surface area (Å²) in [5.41, 5.74) is 3.12. The maximum absolute atomic E-state index is 14.8. The van der Waals surface area contributed by atoms with E-state index in [0.717, 1.165) is 49.2 Å². The highest BCUT2D eigenvalue weighted by Gasteiger charge is 2.53. The van der Waals surface area contributed by atoms with Crippen LogP contribution in [-0.4, -0.2) is 25.0 Å². The second-order valence-electron chi connectivity index (χ2n) is 11.0. The zero-order valence-electron chi connectivity index (χ0n) is 20.9. The largest absolute Gasteiger partial charge is 0.317 e. The Hall–Kier alpha value is -2.76. The van der Waals surface area contributed by atoms with Gasteiger partial charge in [-0.3, -0.25) is 4.79 Å². The Morgan fingerprint density at radius 3 is 2.28 bits per heavy atom. The van der Waals surface area contributed by atoms with Gasteiger partial charge in [-0.25, -0.2) is 8.78 Å². The van der Waals surface area contributed by atoms with E-state index in [4.69, 9.17) is 11.6 Å². The van der Waals surface area contributed by atoms with E-state index >= 15 is 0 Å². The molecule has 1 amide bonds. The second-order valence-corrected chi connectivity index (χ2v) is 11.4. The first-order valence-corrected chi connectivity index (χ1v) is 12.9. The van der Waals surface area contributed by atoms with Gasteiger partial charge in [-0.1, -0.05) is 62.7 Å². The van der Waals surface area contributed by atoms with Crippen LogP contribution in [0.2, 0.25) is 5.02 Å². The fourth-order valence-corrected chi connectivity index (χ4v) is 6.08. The van der Waals surface area contributed by atoms with Gasteiger partial charge in [0.05, 0.1) is 6.04 Å². The van der Waals surface area contributed by atoms with Crippen LogP contribution >= 0.6 is 11.6 Å². The van der Waals surface area contributed by atoms with Crippen LogP contribution in [-0.2, 0) is 17.3 Å². The summed E-state index contributed by atoms with van der Waals surface area (Å²) in [6.07, 6.45) is 2.17. The van der Waals surface area contributed by atoms with E-state index in [9.17, 15) is 13.6 Å². The fraction of sp³-hybridized carbons (Fsp3) is 0.367. The Morgan fingerprint density at radius 1 is 1.03 bits per heavy atom. The molecule has 0 aliphatic carbocycles. The number of piperidine rings is 1. The minimum atomic E-state index is -0.852. The molecule has 0 aromatic heterocycles. The van der Waals surface area contributed by atoms with E-state index in [1.54, 1.807) is 11.0 Å². The molecule has 36 heavy (non-hydrogen) atoms. The number of carbonyl (C=O) groups excluding carboxylic acids is 1. The number of rotatable bonds is 3. The van der Waals surface area contributed by atoms with Crippen molar-refractivity contribution in [2.45, 2.75) is 56.9 Å². The first kappa shape index (κ1) is 24.9. The molecule has 0 radical (unpaired) electrons. The molecule has 0 saturated carbocycles. The fourth-order valence-electron chi connectivity index (χ4n) is 5.91. The van der Waals surface area contributed by atoms with Gasteiger partial charge in [-0.15, -0.1) is 0 Å². The van der Waals surface area contributed by atoms with Crippen LogP contribution in [0.25, 0.3) is 0 Å². The Labute approximate surface area is 216 Å². The van der Waals surface area contributed by atoms with E-state index in [-0.39, 0.29) is 16.9 Å². The highest BCUT2D eigenvalue weighted by molar-refractivity contribution is 6.30. The molecule has 1 spiro atoms. The van der Waals surface area contributed by atoms with Crippen molar-refractivity contribution in [3.8, 4) is 0 Å². The number of nitrogens with zero attached hydrogens (tertiary/aromatic N) is 1. The third-order valence-electron chi connectivity index (χ3n) is 7.84. The third-order valence-corrected chi connectivity index (χ3v) is 8.08. The van der Waals surface area contributed by atoms with Crippen LogP contribution in [0.15, 0.2) is 60.7 Å². The van der Waals surface area contributed by atoms with Gasteiger partial charge in [0, 0.05) is 16.1 Å². The van der Waals surface area contributed by atoms with Crippen molar-refractivity contribution in [1.82, 2.24) is 5.32 Å². The van der Waals surface area contributed by atoms with E-state index in [1.165, 1.54) is 11.6 Å². The zero-order chi connectivity index (χ0) is 25.7. The summed E-state index contributed by atoms with van der Waals surface area (Å²) in [7, 11) is 0. The molecule has 6 heteroatoms. The Balaban J connectivity index is 1.65. The predicted octanol–water partition coefficient (Wildman–Crippen LogP) is 6.81. The summed E-state index contributed by atoms with van der Waals surface area (Å²) in [6, 6.07) is 17.2. The lowest BCUT2D eigenvalue weighted by Gasteiger charge is -2.42. The van der Waals surface area contributed by atoms with Crippen molar-refractivity contribution < 1.29 is 13.6 Å². The lowest BCUT2D eigenvalue weighted by Crippen LogP contribution is -2.53. The maximum Gasteiger partial charge on any atom is 0.264 e. The van der Waals surface area contributed by atoms with Gasteiger partial charge in [0.1, 0.15) is 17.2 Å². The molecule has 0 unspecified atom stereocenters. The topological polar surface area (TPSA) is 32.3 Å². The second kappa shape index (κ2) is 9.28. The molecule has 0 bridgehead atoms. The summed E-state index contributed by atoms with van der Waals surface area (Å²) in [5, 5.41) is 4.02. The molecular formula is C30H31ClF2N2O. The SMILES string of the molecule is CC(C)(C)c1ccc(C[C@H]2N(C(=O)c3c(F)cccc3F)c3ccc(Cl)cc3C23CCNCC3)cc1. The monoisotopic (exact) mass is 508 g/mol. The summed E-state index contributed by atoms with van der Waals surface area (Å²) in [4.78, 5) is 15.6. The van der Waals surface area contributed by atoms with Crippen LogP contribution in [0, 0.1) is 11.6 Å². The number of benzene rings is 3. The Morgan fingerprint density at radius 2 is 1.67 bits per heavy atom. The van der Waals surface area contributed by atoms with E-state index < -0.39 is 23.1 Å². The van der Waals surface area contributed by atoms with Crippen LogP contribution in [0.3, 0.4) is 0 Å². The van der Waals surface area contributed by atoms with Gasteiger partial charge in [-0.2, -0.15) is 0 Å². The molecule has 1 atom stereocenters. The molecule has 2 aliphatic rings. The van der Waals surface area contributed by atoms with Crippen LogP contribution in [0.4, 0.5) is 14.5 Å². The lowest BCUT2D eigenvalue weighted by molar-refractivity contribution is 0.0955. The summed E-state index contributed by atoms with van der Waals surface area (Å²) >= 11 is 6.45. The van der Waals surface area contributed by atoms with Crippen molar-refractivity contribution >= 4 is 23.2 Å². The number of carbonyl (C=O) groups is 1. The van der Waals surface area contributed by atoms with Crippen molar-refractivity contribution in [2.75, 3.05) is 18.0 Å². The van der Waals surface area contributed by atoms with Crippen molar-refractivity contribution in [1.29, 1.82) is 0 Å². The van der Waals surface area contributed by atoms with Crippen molar-refractivity contribution in [3.05, 3.63) is 99.6 Å². The van der Waals surface area contributed by atoms with Crippen LogP contribution < -0.4 is 10.2 Å². The molecule has 5 rings (SSSR count). The van der Waals surface area contributed by atoms with E-state index in [1.807, 2.05) is 12.1 Å². The number of anilines is 1. The molecule has 1 fully saturated rings. The Kier molecular flexibility index (Phi) is 6.42. The van der Waals surface area contributed by atoms with Crippen LogP contribution in [0.1, 0.15) is 60.7 Å². The standard InChI is InChI=1S/C30H31ClF2N2O/c1-29(2,3)20-9-7-19(8-10-20)17-26-30(13-15-34-16-14-30)22-18-21(31)11-12-25(22)35(26)28(36)27-23(32)5-4-6-24(27)33/h4-12,18,26,34H,13-17H2,1-3H3/t26-/m1/s1. The number of nitrogens with one attached hydrogen (secondary N) is 1. The average molecular weight is 509 g/mol. The number of fused-ring (bicyclic) bond motifs is 2. The molecule has 2 heterocycles. The summed E-state index contributed by atoms with van der Waals surface area (Å²) in [6.45, 7) is 8.11. The molecule has 1 N–H and O–H groups in total. The molecule has 2 aliphatic heterocycles. The minimum Gasteiger partial charge on any atom is -0.317 e. The quantitative estimate of drug-likeness (QED) is 0.421. The van der Waals surface area contributed by atoms with E-state index in [0.29, 0.717) is 17.1 Å². The lowest BCUT2D eigenvalue weighted by atomic mass is 9.68. The summed E-state index contributed by atoms with van der Waals surface area (Å²) in [5.74, 6) is -2.36. The summed E-state index contributed by atoms with van der Waals surface area (Å²) < 4.78 is 29.6. The van der Waals surface area contributed by atoms with Crippen molar-refractivity contribution in [2.24, 2.45) is 0 Å². The number of hydrogen-bond donors (Lipinski definition) is 1. The zero-order valence-corrected chi connectivity index (χ0v) is 21.6.